The number of pyridine rings is 1. The fourth-order valence-electron chi connectivity index (χ4n) is 1.54. The van der Waals surface area contributed by atoms with E-state index in [1.54, 1.807) is 0 Å². The molecule has 82 valence electrons. The maximum atomic E-state index is 6.13. The summed E-state index contributed by atoms with van der Waals surface area (Å²) in [5.41, 5.74) is 2.17. The van der Waals surface area contributed by atoms with Crippen LogP contribution in [0.15, 0.2) is 48.7 Å². The van der Waals surface area contributed by atoms with E-state index >= 15 is 0 Å². The van der Waals surface area contributed by atoms with Crippen molar-refractivity contribution in [3.63, 3.8) is 0 Å². The Kier molecular flexibility index (Phi) is 3.97. The van der Waals surface area contributed by atoms with Crippen LogP contribution < -0.4 is 0 Å². The van der Waals surface area contributed by atoms with Crippen molar-refractivity contribution in [1.82, 2.24) is 4.98 Å². The minimum atomic E-state index is 0.205. The Morgan fingerprint density at radius 1 is 1.12 bits per heavy atom. The number of rotatable bonds is 3. The Bertz CT molecular complexity index is 458. The Balaban J connectivity index is 2.15. The second-order valence-electron chi connectivity index (χ2n) is 3.51. The molecule has 0 aliphatic rings. The zero-order valence-corrected chi connectivity index (χ0v) is 10.9. The highest BCUT2D eigenvalue weighted by molar-refractivity contribution is 9.09. The van der Waals surface area contributed by atoms with Crippen LogP contribution in [-0.4, -0.2) is 4.98 Å². The first-order chi connectivity index (χ1) is 7.77. The van der Waals surface area contributed by atoms with Gasteiger partial charge in [0, 0.05) is 28.2 Å². The highest BCUT2D eigenvalue weighted by atomic mass is 79.9. The average Bonchev–Trinajstić information content (AvgIpc) is 2.31. The van der Waals surface area contributed by atoms with Crippen LogP contribution in [0, 0.1) is 0 Å². The zero-order valence-electron chi connectivity index (χ0n) is 8.61. The summed E-state index contributed by atoms with van der Waals surface area (Å²) in [7, 11) is 0. The molecule has 0 N–H and O–H groups in total. The van der Waals surface area contributed by atoms with E-state index in [-0.39, 0.29) is 4.83 Å². The van der Waals surface area contributed by atoms with E-state index in [0.29, 0.717) is 0 Å². The summed E-state index contributed by atoms with van der Waals surface area (Å²) in [4.78, 5) is 4.51. The molecule has 0 radical (unpaired) electrons. The molecule has 0 saturated carbocycles. The van der Waals surface area contributed by atoms with Gasteiger partial charge in [-0.05, 0) is 23.8 Å². The van der Waals surface area contributed by atoms with Gasteiger partial charge in [0.15, 0.2) is 0 Å². The van der Waals surface area contributed by atoms with E-state index in [9.17, 15) is 0 Å². The molecule has 2 aromatic rings. The minimum Gasteiger partial charge on any atom is -0.261 e. The maximum Gasteiger partial charge on any atom is 0.0465 e. The average molecular weight is 297 g/mol. The van der Waals surface area contributed by atoms with Crippen molar-refractivity contribution in [3.8, 4) is 0 Å². The van der Waals surface area contributed by atoms with Crippen LogP contribution in [0.3, 0.4) is 0 Å². The van der Waals surface area contributed by atoms with Crippen molar-refractivity contribution in [3.05, 3.63) is 64.9 Å². The molecule has 1 aromatic carbocycles. The van der Waals surface area contributed by atoms with Crippen molar-refractivity contribution in [2.75, 3.05) is 0 Å². The number of benzene rings is 1. The van der Waals surface area contributed by atoms with Crippen LogP contribution in [-0.2, 0) is 6.42 Å². The molecule has 0 aliphatic heterocycles. The first-order valence-corrected chi connectivity index (χ1v) is 6.35. The fraction of sp³-hybridized carbons (Fsp3) is 0.154. The lowest BCUT2D eigenvalue weighted by molar-refractivity contribution is 0.905. The molecule has 1 aromatic heterocycles. The minimum absolute atomic E-state index is 0.205. The number of halogens is 2. The number of hydrogen-bond acceptors (Lipinski definition) is 1. The van der Waals surface area contributed by atoms with Gasteiger partial charge in [-0.25, -0.2) is 0 Å². The maximum absolute atomic E-state index is 6.13. The second-order valence-corrected chi connectivity index (χ2v) is 5.03. The number of alkyl halides is 1. The molecule has 0 bridgehead atoms. The third-order valence-electron chi connectivity index (χ3n) is 2.36. The molecule has 1 heterocycles. The molecule has 0 spiro atoms. The lowest BCUT2D eigenvalue weighted by atomic mass is 10.1. The first kappa shape index (κ1) is 11.6. The van der Waals surface area contributed by atoms with E-state index < -0.39 is 0 Å². The number of nitrogens with zero attached hydrogens (tertiary/aromatic N) is 1. The zero-order chi connectivity index (χ0) is 11.4. The van der Waals surface area contributed by atoms with E-state index in [2.05, 4.69) is 20.9 Å². The van der Waals surface area contributed by atoms with Gasteiger partial charge in [-0.2, -0.15) is 0 Å². The third kappa shape index (κ3) is 2.83. The quantitative estimate of drug-likeness (QED) is 0.764. The van der Waals surface area contributed by atoms with Gasteiger partial charge in [-0.15, -0.1) is 0 Å². The molecule has 0 fully saturated rings. The number of aromatic nitrogens is 1. The molecule has 2 rings (SSSR count). The second kappa shape index (κ2) is 5.46. The molecule has 16 heavy (non-hydrogen) atoms. The highest BCUT2D eigenvalue weighted by Crippen LogP contribution is 2.31. The van der Waals surface area contributed by atoms with Crippen LogP contribution in [0.5, 0.6) is 0 Å². The van der Waals surface area contributed by atoms with E-state index in [1.165, 1.54) is 0 Å². The molecule has 1 atom stereocenters. The molecule has 0 aliphatic carbocycles. The van der Waals surface area contributed by atoms with Crippen molar-refractivity contribution in [2.45, 2.75) is 11.2 Å². The predicted molar refractivity (Wildman–Crippen MR) is 71.1 cm³/mol. The van der Waals surface area contributed by atoms with Crippen molar-refractivity contribution >= 4 is 27.5 Å². The van der Waals surface area contributed by atoms with Gasteiger partial charge in [0.25, 0.3) is 0 Å². The molecular weight excluding hydrogens is 286 g/mol. The van der Waals surface area contributed by atoms with Gasteiger partial charge in [0.2, 0.25) is 0 Å². The Morgan fingerprint density at radius 3 is 2.56 bits per heavy atom. The van der Waals surface area contributed by atoms with E-state index in [0.717, 1.165) is 22.7 Å². The lowest BCUT2D eigenvalue weighted by Gasteiger charge is -2.11. The Labute approximate surface area is 109 Å². The molecule has 3 heteroatoms. The van der Waals surface area contributed by atoms with Crippen LogP contribution in [0.25, 0.3) is 0 Å². The van der Waals surface area contributed by atoms with Gasteiger partial charge in [0.1, 0.15) is 0 Å². The summed E-state index contributed by atoms with van der Waals surface area (Å²) in [6, 6.07) is 13.8. The van der Waals surface area contributed by atoms with Gasteiger partial charge in [-0.1, -0.05) is 51.8 Å². The smallest absolute Gasteiger partial charge is 0.0465 e. The summed E-state index contributed by atoms with van der Waals surface area (Å²) < 4.78 is 0. The molecule has 1 unspecified atom stereocenters. The van der Waals surface area contributed by atoms with Gasteiger partial charge >= 0.3 is 0 Å². The summed E-state index contributed by atoms with van der Waals surface area (Å²) >= 11 is 9.78. The summed E-state index contributed by atoms with van der Waals surface area (Å²) in [6.45, 7) is 0. The van der Waals surface area contributed by atoms with Crippen molar-refractivity contribution in [1.29, 1.82) is 0 Å². The lowest BCUT2D eigenvalue weighted by Crippen LogP contribution is -1.97. The molecule has 0 amide bonds. The van der Waals surface area contributed by atoms with Crippen LogP contribution in [0.4, 0.5) is 0 Å². The third-order valence-corrected chi connectivity index (χ3v) is 3.52. The monoisotopic (exact) mass is 295 g/mol. The van der Waals surface area contributed by atoms with E-state index in [1.807, 2.05) is 48.7 Å². The SMILES string of the molecule is Clc1ccccc1C(Br)Cc1ccccn1. The Morgan fingerprint density at radius 2 is 1.88 bits per heavy atom. The predicted octanol–water partition coefficient (Wildman–Crippen LogP) is 4.41. The van der Waals surface area contributed by atoms with Gasteiger partial charge in [-0.3, -0.25) is 4.98 Å². The van der Waals surface area contributed by atoms with Crippen molar-refractivity contribution in [2.24, 2.45) is 0 Å². The summed E-state index contributed by atoms with van der Waals surface area (Å²) in [6.07, 6.45) is 2.65. The topological polar surface area (TPSA) is 12.9 Å². The van der Waals surface area contributed by atoms with Gasteiger partial charge < -0.3 is 0 Å². The first-order valence-electron chi connectivity index (χ1n) is 5.06. The van der Waals surface area contributed by atoms with Gasteiger partial charge in [0.05, 0.1) is 0 Å². The molecule has 0 saturated heterocycles. The summed E-state index contributed by atoms with van der Waals surface area (Å²) in [5, 5.41) is 0.792. The number of hydrogen-bond donors (Lipinski definition) is 0. The van der Waals surface area contributed by atoms with Crippen LogP contribution in [0.2, 0.25) is 5.02 Å². The highest BCUT2D eigenvalue weighted by Gasteiger charge is 2.11. The molecular formula is C13H11BrClN. The van der Waals surface area contributed by atoms with Crippen LogP contribution >= 0.6 is 27.5 Å². The summed E-state index contributed by atoms with van der Waals surface area (Å²) in [5.74, 6) is 0. The largest absolute Gasteiger partial charge is 0.261 e. The molecule has 1 nitrogen and oxygen atoms in total. The van der Waals surface area contributed by atoms with E-state index in [4.69, 9.17) is 11.6 Å². The Hall–Kier alpha value is -0.860. The fourth-order valence-corrected chi connectivity index (χ4v) is 2.67. The normalized spacial score (nSPS) is 12.4. The van der Waals surface area contributed by atoms with Crippen LogP contribution in [0.1, 0.15) is 16.1 Å². The standard InChI is InChI=1S/C13H11BrClN/c14-12(9-10-5-3-4-8-16-10)11-6-1-2-7-13(11)15/h1-8,12H,9H2. The van der Waals surface area contributed by atoms with Crippen molar-refractivity contribution < 1.29 is 0 Å².